The highest BCUT2D eigenvalue weighted by atomic mass is 19.1. The van der Waals surface area contributed by atoms with E-state index >= 15 is 0 Å². The van der Waals surface area contributed by atoms with Crippen LogP contribution < -0.4 is 4.90 Å². The summed E-state index contributed by atoms with van der Waals surface area (Å²) in [4.78, 5) is 42.8. The number of halogens is 1. The van der Waals surface area contributed by atoms with E-state index in [0.29, 0.717) is 16.0 Å². The van der Waals surface area contributed by atoms with Crippen molar-refractivity contribution in [2.24, 2.45) is 0 Å². The molecule has 0 bridgehead atoms. The fourth-order valence-corrected chi connectivity index (χ4v) is 3.16. The number of hydrogen-bond acceptors (Lipinski definition) is 8. The fraction of sp³-hybridized carbons (Fsp3) is 0.400. The van der Waals surface area contributed by atoms with Gasteiger partial charge in [-0.05, 0) is 89.4 Å². The molecule has 0 spiro atoms. The zero-order chi connectivity index (χ0) is 27.0. The third kappa shape index (κ3) is 5.96. The molecule has 192 valence electrons. The molecule has 0 fully saturated rings. The number of imide groups is 1. The molecule has 0 saturated carbocycles. The number of fused-ring (bicyclic) bond motifs is 1. The summed E-state index contributed by atoms with van der Waals surface area (Å²) < 4.78 is 31.4. The molecule has 0 saturated heterocycles. The maximum Gasteiger partial charge on any atom is 0.427 e. The Hall–Kier alpha value is -4.02. The van der Waals surface area contributed by atoms with E-state index in [2.05, 4.69) is 10.1 Å². The molecule has 36 heavy (non-hydrogen) atoms. The maximum atomic E-state index is 14.5. The maximum absolute atomic E-state index is 14.5. The second-order valence-corrected chi connectivity index (χ2v) is 10.0. The summed E-state index contributed by atoms with van der Waals surface area (Å²) >= 11 is 0. The van der Waals surface area contributed by atoms with Gasteiger partial charge in [-0.25, -0.2) is 23.3 Å². The number of esters is 1. The van der Waals surface area contributed by atoms with E-state index in [1.807, 2.05) is 0 Å². The number of benzene rings is 1. The fourth-order valence-electron chi connectivity index (χ4n) is 3.16. The molecule has 0 aliphatic heterocycles. The molecule has 2 aromatic heterocycles. The predicted molar refractivity (Wildman–Crippen MR) is 129 cm³/mol. The highest BCUT2D eigenvalue weighted by Crippen LogP contribution is 2.27. The number of aromatic nitrogens is 3. The van der Waals surface area contributed by atoms with Gasteiger partial charge in [0.15, 0.2) is 5.65 Å². The lowest BCUT2D eigenvalue weighted by molar-refractivity contribution is 0.0426. The lowest BCUT2D eigenvalue weighted by atomic mass is 10.00. The monoisotopic (exact) mass is 500 g/mol. The van der Waals surface area contributed by atoms with Gasteiger partial charge in [-0.15, -0.1) is 10.00 Å². The highest BCUT2D eigenvalue weighted by Gasteiger charge is 2.35. The van der Waals surface area contributed by atoms with E-state index in [-0.39, 0.29) is 22.7 Å². The smallest absolute Gasteiger partial charge is 0.427 e. The molecule has 10 nitrogen and oxygen atoms in total. The van der Waals surface area contributed by atoms with Gasteiger partial charge >= 0.3 is 18.2 Å². The molecular formula is C25H29FN4O6. The molecule has 3 aromatic rings. The Morgan fingerprint density at radius 2 is 1.53 bits per heavy atom. The standard InChI is InChI=1S/C25H29FN4O6/c1-14-17(20(31)34-8)11-16(12-18(14)26)15-9-10-29-19(13-15)27-21(28-29)30(22(32)35-24(2,3)4)23(33)36-25(5,6)7/h9-13H,1-8H3. The minimum Gasteiger partial charge on any atom is -0.465 e. The summed E-state index contributed by atoms with van der Waals surface area (Å²) in [5.74, 6) is -1.50. The van der Waals surface area contributed by atoms with Gasteiger partial charge in [0.2, 0.25) is 0 Å². The summed E-state index contributed by atoms with van der Waals surface area (Å²) in [6.07, 6.45) is -0.480. The molecule has 0 aliphatic carbocycles. The van der Waals surface area contributed by atoms with E-state index in [1.165, 1.54) is 36.9 Å². The molecule has 0 atom stereocenters. The van der Waals surface area contributed by atoms with E-state index < -0.39 is 35.2 Å². The summed E-state index contributed by atoms with van der Waals surface area (Å²) in [5, 5.41) is 4.22. The van der Waals surface area contributed by atoms with Gasteiger partial charge < -0.3 is 14.2 Å². The predicted octanol–water partition coefficient (Wildman–Crippen LogP) is 5.31. The van der Waals surface area contributed by atoms with Gasteiger partial charge in [-0.3, -0.25) is 0 Å². The van der Waals surface area contributed by atoms with Gasteiger partial charge in [0.05, 0.1) is 12.7 Å². The number of anilines is 1. The van der Waals surface area contributed by atoms with E-state index in [1.54, 1.807) is 53.7 Å². The first kappa shape index (κ1) is 26.6. The second-order valence-electron chi connectivity index (χ2n) is 10.0. The Morgan fingerprint density at radius 1 is 0.944 bits per heavy atom. The summed E-state index contributed by atoms with van der Waals surface area (Å²) in [6, 6.07) is 6.01. The quantitative estimate of drug-likeness (QED) is 0.351. The number of amides is 2. The average Bonchev–Trinajstić information content (AvgIpc) is 3.14. The van der Waals surface area contributed by atoms with Crippen LogP contribution in [0.3, 0.4) is 0 Å². The number of nitrogens with zero attached hydrogens (tertiary/aromatic N) is 4. The minimum atomic E-state index is -1.00. The van der Waals surface area contributed by atoms with Crippen molar-refractivity contribution in [1.82, 2.24) is 14.6 Å². The van der Waals surface area contributed by atoms with Crippen LogP contribution in [-0.2, 0) is 14.2 Å². The Morgan fingerprint density at radius 3 is 2.06 bits per heavy atom. The van der Waals surface area contributed by atoms with Gasteiger partial charge in [-0.2, -0.15) is 4.98 Å². The van der Waals surface area contributed by atoms with Crippen LogP contribution in [0.1, 0.15) is 57.5 Å². The Balaban J connectivity index is 2.07. The van der Waals surface area contributed by atoms with Crippen LogP contribution in [-0.4, -0.2) is 51.1 Å². The van der Waals surface area contributed by atoms with Gasteiger partial charge in [0, 0.05) is 6.20 Å². The Bertz CT molecular complexity index is 1310. The highest BCUT2D eigenvalue weighted by molar-refractivity contribution is 6.08. The van der Waals surface area contributed by atoms with Gasteiger partial charge in [0.1, 0.15) is 17.0 Å². The number of carbonyl (C=O) groups is 3. The van der Waals surface area contributed by atoms with E-state index in [0.717, 1.165) is 0 Å². The average molecular weight is 501 g/mol. The number of hydrogen-bond donors (Lipinski definition) is 0. The SMILES string of the molecule is COC(=O)c1cc(-c2ccn3nc(N(C(=O)OC(C)(C)C)C(=O)OC(C)(C)C)nc3c2)cc(F)c1C. The number of pyridine rings is 1. The lowest BCUT2D eigenvalue weighted by Crippen LogP contribution is -2.44. The van der Waals surface area contributed by atoms with Gasteiger partial charge in [0.25, 0.3) is 5.95 Å². The van der Waals surface area contributed by atoms with Crippen LogP contribution in [0.15, 0.2) is 30.5 Å². The Labute approximate surface area is 208 Å². The first-order valence-corrected chi connectivity index (χ1v) is 11.1. The molecular weight excluding hydrogens is 471 g/mol. The number of ether oxygens (including phenoxy) is 3. The minimum absolute atomic E-state index is 0.0931. The van der Waals surface area contributed by atoms with Crippen molar-refractivity contribution in [2.75, 3.05) is 12.0 Å². The van der Waals surface area contributed by atoms with Gasteiger partial charge in [-0.1, -0.05) is 0 Å². The molecule has 0 aliphatic rings. The zero-order valence-corrected chi connectivity index (χ0v) is 21.5. The second kappa shape index (κ2) is 9.56. The van der Waals surface area contributed by atoms with Crippen LogP contribution in [0.4, 0.5) is 19.9 Å². The van der Waals surface area contributed by atoms with E-state index in [4.69, 9.17) is 14.2 Å². The third-order valence-corrected chi connectivity index (χ3v) is 4.76. The van der Waals surface area contributed by atoms with Crippen molar-refractivity contribution in [3.05, 3.63) is 47.4 Å². The first-order chi connectivity index (χ1) is 16.6. The normalized spacial score (nSPS) is 11.8. The van der Waals surface area contributed by atoms with Crippen molar-refractivity contribution in [3.8, 4) is 11.1 Å². The molecule has 2 heterocycles. The molecule has 2 amide bonds. The van der Waals surface area contributed by atoms with Crippen molar-refractivity contribution in [2.45, 2.75) is 59.7 Å². The molecule has 0 N–H and O–H groups in total. The van der Waals surface area contributed by atoms with Crippen LogP contribution in [0.5, 0.6) is 0 Å². The summed E-state index contributed by atoms with van der Waals surface area (Å²) in [7, 11) is 1.22. The number of methoxy groups -OCH3 is 1. The largest absolute Gasteiger partial charge is 0.465 e. The molecule has 11 heteroatoms. The summed E-state index contributed by atoms with van der Waals surface area (Å²) in [5.41, 5.74) is -0.349. The lowest BCUT2D eigenvalue weighted by Gasteiger charge is -2.26. The van der Waals surface area contributed by atoms with Crippen LogP contribution in [0.25, 0.3) is 16.8 Å². The summed E-state index contributed by atoms with van der Waals surface area (Å²) in [6.45, 7) is 11.4. The van der Waals surface area contributed by atoms with Crippen molar-refractivity contribution < 1.29 is 33.0 Å². The molecule has 0 radical (unpaired) electrons. The van der Waals surface area contributed by atoms with E-state index in [9.17, 15) is 18.8 Å². The molecule has 1 aromatic carbocycles. The van der Waals surface area contributed by atoms with Crippen molar-refractivity contribution in [1.29, 1.82) is 0 Å². The van der Waals surface area contributed by atoms with Crippen molar-refractivity contribution in [3.63, 3.8) is 0 Å². The zero-order valence-electron chi connectivity index (χ0n) is 21.5. The van der Waals surface area contributed by atoms with Crippen LogP contribution in [0, 0.1) is 12.7 Å². The molecule has 3 rings (SSSR count). The van der Waals surface area contributed by atoms with Crippen LogP contribution >= 0.6 is 0 Å². The van der Waals surface area contributed by atoms with Crippen LogP contribution in [0.2, 0.25) is 0 Å². The molecule has 0 unspecified atom stereocenters. The Kier molecular flexibility index (Phi) is 7.06. The topological polar surface area (TPSA) is 112 Å². The number of carbonyl (C=O) groups excluding carboxylic acids is 3. The third-order valence-electron chi connectivity index (χ3n) is 4.76. The first-order valence-electron chi connectivity index (χ1n) is 11.1. The number of rotatable bonds is 3. The van der Waals surface area contributed by atoms with Crippen molar-refractivity contribution >= 4 is 29.8 Å².